The molecule has 0 fully saturated rings. The second kappa shape index (κ2) is 8.93. The van der Waals surface area contributed by atoms with Crippen LogP contribution in [-0.4, -0.2) is 37.0 Å². The van der Waals surface area contributed by atoms with Crippen molar-refractivity contribution in [1.82, 2.24) is 0 Å². The van der Waals surface area contributed by atoms with Crippen LogP contribution in [0.5, 0.6) is 0 Å². The second-order valence-electron chi connectivity index (χ2n) is 5.40. The molecule has 0 aromatic carbocycles. The highest BCUT2D eigenvalue weighted by atomic mass is 16.5. The lowest BCUT2D eigenvalue weighted by molar-refractivity contribution is -0.142. The van der Waals surface area contributed by atoms with Gasteiger partial charge in [0.25, 0.3) is 0 Å². The maximum atomic E-state index is 11.5. The lowest BCUT2D eigenvalue weighted by Gasteiger charge is -2.23. The normalized spacial score (nSPS) is 34.5. The van der Waals surface area contributed by atoms with Crippen molar-refractivity contribution in [2.45, 2.75) is 51.7 Å². The van der Waals surface area contributed by atoms with Gasteiger partial charge in [-0.3, -0.25) is 4.79 Å². The third-order valence-electron chi connectivity index (χ3n) is 3.48. The average Bonchev–Trinajstić information content (AvgIpc) is 2.43. The van der Waals surface area contributed by atoms with Crippen molar-refractivity contribution >= 4 is 5.97 Å². The first-order chi connectivity index (χ1) is 9.54. The number of hydrogen-bond acceptors (Lipinski definition) is 4. The summed E-state index contributed by atoms with van der Waals surface area (Å²) in [6, 6.07) is 0. The van der Waals surface area contributed by atoms with Crippen LogP contribution in [0.25, 0.3) is 0 Å². The Kier molecular flexibility index (Phi) is 7.55. The van der Waals surface area contributed by atoms with E-state index in [0.29, 0.717) is 13.0 Å². The topological polar surface area (TPSA) is 55.8 Å². The summed E-state index contributed by atoms with van der Waals surface area (Å²) in [5.74, 6) is -0.215. The van der Waals surface area contributed by atoms with Gasteiger partial charge in [-0.1, -0.05) is 25.2 Å². The van der Waals surface area contributed by atoms with E-state index in [0.717, 1.165) is 24.8 Å². The molecule has 1 N–H and O–H groups in total. The molecule has 0 radical (unpaired) electrons. The molecule has 0 aromatic heterocycles. The molecule has 0 unspecified atom stereocenters. The first-order valence-electron chi connectivity index (χ1n) is 7.25. The van der Waals surface area contributed by atoms with Crippen LogP contribution < -0.4 is 0 Å². The highest BCUT2D eigenvalue weighted by Crippen LogP contribution is 2.16. The fourth-order valence-electron chi connectivity index (χ4n) is 2.25. The number of ether oxygens (including phenoxy) is 2. The second-order valence-corrected chi connectivity index (χ2v) is 5.40. The fourth-order valence-corrected chi connectivity index (χ4v) is 2.25. The molecule has 1 heterocycles. The number of hydrogen-bond donors (Lipinski definition) is 1. The van der Waals surface area contributed by atoms with E-state index in [1.54, 1.807) is 7.11 Å². The third kappa shape index (κ3) is 5.88. The summed E-state index contributed by atoms with van der Waals surface area (Å²) in [7, 11) is 1.60. The first-order valence-corrected chi connectivity index (χ1v) is 7.25. The third-order valence-corrected chi connectivity index (χ3v) is 3.48. The molecule has 1 aliphatic heterocycles. The summed E-state index contributed by atoms with van der Waals surface area (Å²) in [6.45, 7) is 4.13. The Morgan fingerprint density at radius 1 is 1.40 bits per heavy atom. The Bertz CT molecular complexity index is 359. The van der Waals surface area contributed by atoms with E-state index in [9.17, 15) is 9.90 Å². The summed E-state index contributed by atoms with van der Waals surface area (Å²) >= 11 is 0. The summed E-state index contributed by atoms with van der Waals surface area (Å²) < 4.78 is 10.5. The number of carbonyl (C=O) groups is 1. The smallest absolute Gasteiger partial charge is 0.306 e. The molecule has 0 bridgehead atoms. The summed E-state index contributed by atoms with van der Waals surface area (Å²) in [4.78, 5) is 11.5. The van der Waals surface area contributed by atoms with Crippen molar-refractivity contribution in [1.29, 1.82) is 0 Å². The minimum Gasteiger partial charge on any atom is -0.461 e. The Labute approximate surface area is 121 Å². The van der Waals surface area contributed by atoms with Crippen LogP contribution in [-0.2, 0) is 14.3 Å². The zero-order chi connectivity index (χ0) is 15.0. The summed E-state index contributed by atoms with van der Waals surface area (Å²) in [6.07, 6.45) is 8.04. The van der Waals surface area contributed by atoms with Gasteiger partial charge < -0.3 is 14.6 Å². The molecule has 114 valence electrons. The predicted molar refractivity (Wildman–Crippen MR) is 78.3 cm³/mol. The van der Waals surface area contributed by atoms with Gasteiger partial charge in [0.15, 0.2) is 0 Å². The van der Waals surface area contributed by atoms with Crippen molar-refractivity contribution in [3.05, 3.63) is 23.8 Å². The minimum absolute atomic E-state index is 0.0637. The van der Waals surface area contributed by atoms with E-state index in [1.807, 2.05) is 32.1 Å². The van der Waals surface area contributed by atoms with Crippen LogP contribution in [0.2, 0.25) is 0 Å². The Morgan fingerprint density at radius 3 is 2.85 bits per heavy atom. The van der Waals surface area contributed by atoms with Gasteiger partial charge in [-0.15, -0.1) is 0 Å². The quantitative estimate of drug-likeness (QED) is 0.593. The lowest BCUT2D eigenvalue weighted by atomic mass is 9.96. The predicted octanol–water partition coefficient (Wildman–Crippen LogP) is 2.62. The number of methoxy groups -OCH3 is 1. The first kappa shape index (κ1) is 16.9. The van der Waals surface area contributed by atoms with Crippen molar-refractivity contribution in [2.75, 3.05) is 13.7 Å². The monoisotopic (exact) mass is 282 g/mol. The molecule has 0 aliphatic carbocycles. The summed E-state index contributed by atoms with van der Waals surface area (Å²) in [5, 5.41) is 10.3. The molecule has 1 aliphatic rings. The molecule has 1 rings (SSSR count). The van der Waals surface area contributed by atoms with E-state index < -0.39 is 6.10 Å². The van der Waals surface area contributed by atoms with Crippen LogP contribution in [0, 0.1) is 5.92 Å². The van der Waals surface area contributed by atoms with Crippen LogP contribution in [0.1, 0.15) is 39.5 Å². The zero-order valence-corrected chi connectivity index (χ0v) is 12.7. The largest absolute Gasteiger partial charge is 0.461 e. The van der Waals surface area contributed by atoms with Crippen molar-refractivity contribution < 1.29 is 19.4 Å². The Balaban J connectivity index is 2.78. The van der Waals surface area contributed by atoms with Crippen LogP contribution in [0.4, 0.5) is 0 Å². The van der Waals surface area contributed by atoms with Gasteiger partial charge in [0, 0.05) is 19.4 Å². The Hall–Kier alpha value is -1.13. The molecule has 3 atom stereocenters. The van der Waals surface area contributed by atoms with Gasteiger partial charge in [0.05, 0.1) is 6.10 Å². The van der Waals surface area contributed by atoms with E-state index in [-0.39, 0.29) is 18.0 Å². The number of esters is 1. The van der Waals surface area contributed by atoms with Crippen LogP contribution >= 0.6 is 0 Å². The van der Waals surface area contributed by atoms with Gasteiger partial charge in [0.2, 0.25) is 0 Å². The molecule has 4 nitrogen and oxygen atoms in total. The van der Waals surface area contributed by atoms with Crippen molar-refractivity contribution in [3.8, 4) is 0 Å². The molecule has 0 saturated heterocycles. The van der Waals surface area contributed by atoms with E-state index in [2.05, 4.69) is 0 Å². The summed E-state index contributed by atoms with van der Waals surface area (Å²) in [5.41, 5.74) is 0.945. The highest BCUT2D eigenvalue weighted by Gasteiger charge is 2.21. The number of allylic oxidation sites excluding steroid dienone is 1. The van der Waals surface area contributed by atoms with Gasteiger partial charge in [-0.25, -0.2) is 0 Å². The maximum Gasteiger partial charge on any atom is 0.306 e. The molecule has 4 heteroatoms. The average molecular weight is 282 g/mol. The lowest BCUT2D eigenvalue weighted by Crippen LogP contribution is -2.31. The molecule has 0 saturated carbocycles. The molecule has 0 amide bonds. The number of aliphatic hydroxyl groups excluding tert-OH is 1. The van der Waals surface area contributed by atoms with Gasteiger partial charge in [-0.05, 0) is 31.8 Å². The van der Waals surface area contributed by atoms with Crippen molar-refractivity contribution in [3.63, 3.8) is 0 Å². The number of carbonyl (C=O) groups excluding carboxylic acids is 1. The van der Waals surface area contributed by atoms with Crippen LogP contribution in [0.3, 0.4) is 0 Å². The van der Waals surface area contributed by atoms with E-state index in [4.69, 9.17) is 9.47 Å². The molecule has 20 heavy (non-hydrogen) atoms. The highest BCUT2D eigenvalue weighted by molar-refractivity contribution is 5.69. The van der Waals surface area contributed by atoms with Crippen LogP contribution in [0.15, 0.2) is 23.8 Å². The Morgan fingerprint density at radius 2 is 2.15 bits per heavy atom. The fraction of sp³-hybridized carbons (Fsp3) is 0.688. The molecular formula is C16H26O4. The minimum atomic E-state index is -0.607. The number of rotatable bonds is 1. The molecule has 0 spiro atoms. The van der Waals surface area contributed by atoms with E-state index in [1.165, 1.54) is 0 Å². The molecular weight excluding hydrogens is 256 g/mol. The SMILES string of the molecule is CO[C@@H]1/C=C/CCCCC(=O)OC/C(C)=C\[C@@H](C)[C@@H]1O. The number of cyclic esters (lactones) is 1. The number of aliphatic hydroxyl groups is 1. The van der Waals surface area contributed by atoms with Crippen molar-refractivity contribution in [2.24, 2.45) is 5.92 Å². The zero-order valence-electron chi connectivity index (χ0n) is 12.7. The standard InChI is InChI=1S/C16H26O4/c1-12-10-13(2)16(18)14(19-3)8-6-4-5-7-9-15(17)20-11-12/h6,8,10,13-14,16,18H,4-5,7,9,11H2,1-3H3/b8-6+,12-10-/t13-,14-,16+/m1/s1. The van der Waals surface area contributed by atoms with Gasteiger partial charge >= 0.3 is 5.97 Å². The van der Waals surface area contributed by atoms with E-state index >= 15 is 0 Å². The van der Waals surface area contributed by atoms with Gasteiger partial charge in [-0.2, -0.15) is 0 Å². The van der Waals surface area contributed by atoms with Gasteiger partial charge in [0.1, 0.15) is 12.7 Å². The molecule has 0 aromatic rings. The maximum absolute atomic E-state index is 11.5.